The van der Waals surface area contributed by atoms with Gasteiger partial charge in [0.15, 0.2) is 0 Å². The van der Waals surface area contributed by atoms with E-state index in [0.29, 0.717) is 23.8 Å². The molecule has 0 saturated heterocycles. The van der Waals surface area contributed by atoms with Crippen LogP contribution in [0.5, 0.6) is 0 Å². The summed E-state index contributed by atoms with van der Waals surface area (Å²) in [6.45, 7) is 2.57. The van der Waals surface area contributed by atoms with E-state index in [2.05, 4.69) is 5.32 Å². The summed E-state index contributed by atoms with van der Waals surface area (Å²) in [6, 6.07) is 6.92. The van der Waals surface area contributed by atoms with Gasteiger partial charge in [0.1, 0.15) is 6.54 Å². The number of rotatable bonds is 7. The van der Waals surface area contributed by atoms with Crippen LogP contribution in [0.25, 0.3) is 0 Å². The van der Waals surface area contributed by atoms with Crippen LogP contribution in [0.2, 0.25) is 5.02 Å². The van der Waals surface area contributed by atoms with Crippen LogP contribution in [0.15, 0.2) is 24.3 Å². The predicted octanol–water partition coefficient (Wildman–Crippen LogP) is 1.76. The van der Waals surface area contributed by atoms with Crippen molar-refractivity contribution in [3.8, 4) is 0 Å². The molecule has 104 valence electrons. The first-order valence-corrected chi connectivity index (χ1v) is 6.39. The molecule has 0 aliphatic heterocycles. The summed E-state index contributed by atoms with van der Waals surface area (Å²) in [5.74, 6) is -1.05. The molecule has 0 saturated carbocycles. The number of hydrogen-bond donors (Lipinski definition) is 2. The van der Waals surface area contributed by atoms with Crippen LogP contribution < -0.4 is 10.2 Å². The SMILES string of the molecule is CCNC(=O)CCN(CC(=O)O)c1cccc(Cl)c1. The van der Waals surface area contributed by atoms with Crippen molar-refractivity contribution in [1.82, 2.24) is 5.32 Å². The van der Waals surface area contributed by atoms with Gasteiger partial charge in [-0.25, -0.2) is 0 Å². The third-order valence-electron chi connectivity index (χ3n) is 2.48. The molecular formula is C13H17ClN2O3. The number of carboxylic acid groups (broad SMARTS) is 1. The number of hydrogen-bond acceptors (Lipinski definition) is 3. The van der Waals surface area contributed by atoms with Gasteiger partial charge in [0.25, 0.3) is 0 Å². The van der Waals surface area contributed by atoms with Crippen molar-refractivity contribution in [1.29, 1.82) is 0 Å². The highest BCUT2D eigenvalue weighted by atomic mass is 35.5. The van der Waals surface area contributed by atoms with Crippen molar-refractivity contribution in [3.05, 3.63) is 29.3 Å². The lowest BCUT2D eigenvalue weighted by molar-refractivity contribution is -0.135. The molecule has 1 amide bonds. The van der Waals surface area contributed by atoms with Gasteiger partial charge in [-0.05, 0) is 25.1 Å². The number of carbonyl (C=O) groups is 2. The van der Waals surface area contributed by atoms with Crippen LogP contribution in [-0.2, 0) is 9.59 Å². The fourth-order valence-corrected chi connectivity index (χ4v) is 1.84. The lowest BCUT2D eigenvalue weighted by Crippen LogP contribution is -2.34. The van der Waals surface area contributed by atoms with Gasteiger partial charge in [-0.15, -0.1) is 0 Å². The molecule has 0 aromatic heterocycles. The Morgan fingerprint density at radius 2 is 2.16 bits per heavy atom. The average molecular weight is 285 g/mol. The summed E-state index contributed by atoms with van der Waals surface area (Å²) in [4.78, 5) is 23.9. The van der Waals surface area contributed by atoms with Crippen molar-refractivity contribution in [2.24, 2.45) is 0 Å². The summed E-state index contributed by atoms with van der Waals surface area (Å²) >= 11 is 5.88. The van der Waals surface area contributed by atoms with Crippen LogP contribution in [0.3, 0.4) is 0 Å². The minimum Gasteiger partial charge on any atom is -0.480 e. The van der Waals surface area contributed by atoms with E-state index >= 15 is 0 Å². The molecule has 1 aromatic rings. The molecule has 0 heterocycles. The summed E-state index contributed by atoms with van der Waals surface area (Å²) in [5.41, 5.74) is 0.694. The summed E-state index contributed by atoms with van der Waals surface area (Å²) < 4.78 is 0. The molecule has 1 rings (SSSR count). The van der Waals surface area contributed by atoms with Crippen molar-refractivity contribution < 1.29 is 14.7 Å². The van der Waals surface area contributed by atoms with Gasteiger partial charge < -0.3 is 15.3 Å². The minimum atomic E-state index is -0.948. The summed E-state index contributed by atoms with van der Waals surface area (Å²) in [6.07, 6.45) is 0.244. The first kappa shape index (κ1) is 15.3. The molecule has 1 aromatic carbocycles. The van der Waals surface area contributed by atoms with Crippen LogP contribution in [0.4, 0.5) is 5.69 Å². The van der Waals surface area contributed by atoms with Crippen LogP contribution in [-0.4, -0.2) is 36.6 Å². The number of nitrogens with one attached hydrogen (secondary N) is 1. The van der Waals surface area contributed by atoms with E-state index in [1.54, 1.807) is 29.2 Å². The van der Waals surface area contributed by atoms with Gasteiger partial charge in [0, 0.05) is 30.2 Å². The monoisotopic (exact) mass is 284 g/mol. The normalized spacial score (nSPS) is 10.0. The minimum absolute atomic E-state index is 0.0973. The zero-order valence-corrected chi connectivity index (χ0v) is 11.5. The molecule has 0 bridgehead atoms. The Labute approximate surface area is 117 Å². The first-order chi connectivity index (χ1) is 9.02. The van der Waals surface area contributed by atoms with Gasteiger partial charge in [0.2, 0.25) is 5.91 Å². The van der Waals surface area contributed by atoms with Gasteiger partial charge in [-0.2, -0.15) is 0 Å². The zero-order chi connectivity index (χ0) is 14.3. The largest absolute Gasteiger partial charge is 0.480 e. The van der Waals surface area contributed by atoms with E-state index in [1.165, 1.54) is 0 Å². The highest BCUT2D eigenvalue weighted by Gasteiger charge is 2.12. The van der Waals surface area contributed by atoms with Crippen molar-refractivity contribution in [2.45, 2.75) is 13.3 Å². The Bertz CT molecular complexity index is 451. The zero-order valence-electron chi connectivity index (χ0n) is 10.7. The topological polar surface area (TPSA) is 69.6 Å². The number of carbonyl (C=O) groups excluding carboxylic acids is 1. The van der Waals surface area contributed by atoms with Gasteiger partial charge >= 0.3 is 5.97 Å². The quantitative estimate of drug-likeness (QED) is 0.800. The maximum atomic E-state index is 11.4. The number of halogens is 1. The van der Waals surface area contributed by atoms with Gasteiger partial charge in [-0.1, -0.05) is 17.7 Å². The lowest BCUT2D eigenvalue weighted by Gasteiger charge is -2.22. The third-order valence-corrected chi connectivity index (χ3v) is 2.72. The number of aliphatic carboxylic acids is 1. The summed E-state index contributed by atoms with van der Waals surface area (Å²) in [7, 11) is 0. The molecular weight excluding hydrogens is 268 g/mol. The molecule has 0 unspecified atom stereocenters. The predicted molar refractivity (Wildman–Crippen MR) is 74.6 cm³/mol. The molecule has 0 radical (unpaired) electrons. The van der Waals surface area contributed by atoms with Crippen molar-refractivity contribution >= 4 is 29.2 Å². The van der Waals surface area contributed by atoms with Crippen molar-refractivity contribution in [2.75, 3.05) is 24.5 Å². The third kappa shape index (κ3) is 5.61. The maximum absolute atomic E-state index is 11.4. The second-order valence-electron chi connectivity index (χ2n) is 4.00. The van der Waals surface area contributed by atoms with Gasteiger partial charge in [-0.3, -0.25) is 9.59 Å². The number of carboxylic acids is 1. The van der Waals surface area contributed by atoms with E-state index < -0.39 is 5.97 Å². The van der Waals surface area contributed by atoms with Crippen LogP contribution in [0.1, 0.15) is 13.3 Å². The number of amides is 1. The standard InChI is InChI=1S/C13H17ClN2O3/c1-2-15-12(17)6-7-16(9-13(18)19)11-5-3-4-10(14)8-11/h3-5,8H,2,6-7,9H2,1H3,(H,15,17)(H,18,19). The fourth-order valence-electron chi connectivity index (χ4n) is 1.66. The molecule has 19 heavy (non-hydrogen) atoms. The Morgan fingerprint density at radius 1 is 1.42 bits per heavy atom. The fraction of sp³-hybridized carbons (Fsp3) is 0.385. The smallest absolute Gasteiger partial charge is 0.323 e. The molecule has 5 nitrogen and oxygen atoms in total. The number of benzene rings is 1. The van der Waals surface area contributed by atoms with E-state index in [-0.39, 0.29) is 18.9 Å². The number of anilines is 1. The Hall–Kier alpha value is -1.75. The van der Waals surface area contributed by atoms with E-state index in [0.717, 1.165) is 0 Å². The van der Waals surface area contributed by atoms with Crippen LogP contribution in [0, 0.1) is 0 Å². The Morgan fingerprint density at radius 3 is 2.74 bits per heavy atom. The van der Waals surface area contributed by atoms with E-state index in [9.17, 15) is 9.59 Å². The second-order valence-corrected chi connectivity index (χ2v) is 4.44. The Balaban J connectivity index is 2.72. The lowest BCUT2D eigenvalue weighted by atomic mass is 10.2. The highest BCUT2D eigenvalue weighted by Crippen LogP contribution is 2.19. The second kappa shape index (κ2) is 7.63. The number of nitrogens with zero attached hydrogens (tertiary/aromatic N) is 1. The van der Waals surface area contributed by atoms with E-state index in [4.69, 9.17) is 16.7 Å². The first-order valence-electron chi connectivity index (χ1n) is 6.02. The molecule has 0 aliphatic carbocycles. The average Bonchev–Trinajstić information content (AvgIpc) is 2.34. The van der Waals surface area contributed by atoms with Crippen molar-refractivity contribution in [3.63, 3.8) is 0 Å². The van der Waals surface area contributed by atoms with Crippen LogP contribution >= 0.6 is 11.6 Å². The molecule has 2 N–H and O–H groups in total. The maximum Gasteiger partial charge on any atom is 0.323 e. The summed E-state index contributed by atoms with van der Waals surface area (Å²) in [5, 5.41) is 12.1. The van der Waals surface area contributed by atoms with Gasteiger partial charge in [0.05, 0.1) is 0 Å². The highest BCUT2D eigenvalue weighted by molar-refractivity contribution is 6.30. The van der Waals surface area contributed by atoms with E-state index in [1.807, 2.05) is 6.92 Å². The Kier molecular flexibility index (Phi) is 6.15. The molecule has 0 spiro atoms. The molecule has 6 heteroatoms. The molecule has 0 atom stereocenters. The molecule has 0 fully saturated rings. The molecule has 0 aliphatic rings.